The molecule has 2 rings (SSSR count). The second kappa shape index (κ2) is 7.51. The average molecular weight is 292 g/mol. The maximum absolute atomic E-state index is 13.5. The van der Waals surface area contributed by atoms with Crippen LogP contribution in [0.2, 0.25) is 0 Å². The summed E-state index contributed by atoms with van der Waals surface area (Å²) in [5.74, 6) is 0.169. The summed E-state index contributed by atoms with van der Waals surface area (Å²) in [6.45, 7) is 3.32. The highest BCUT2D eigenvalue weighted by Gasteiger charge is 2.21. The quantitative estimate of drug-likeness (QED) is 0.770. The van der Waals surface area contributed by atoms with Crippen LogP contribution < -0.4 is 5.32 Å². The van der Waals surface area contributed by atoms with Gasteiger partial charge in [-0.05, 0) is 43.4 Å². The first-order chi connectivity index (χ1) is 10.1. The molecule has 0 aromatic heterocycles. The molecule has 5 heteroatoms. The number of halogens is 1. The molecule has 114 valence electrons. The summed E-state index contributed by atoms with van der Waals surface area (Å²) in [6.07, 6.45) is 1.89. The lowest BCUT2D eigenvalue weighted by atomic mass is 10.1. The highest BCUT2D eigenvalue weighted by molar-refractivity contribution is 5.34. The van der Waals surface area contributed by atoms with Crippen LogP contribution in [0.1, 0.15) is 36.9 Å². The largest absolute Gasteiger partial charge is 0.389 e. The molecule has 2 N–H and O–H groups in total. The Balaban J connectivity index is 1.73. The van der Waals surface area contributed by atoms with Gasteiger partial charge in [-0.15, -0.1) is 0 Å². The number of ether oxygens (including phenoxy) is 1. The van der Waals surface area contributed by atoms with Crippen molar-refractivity contribution < 1.29 is 14.2 Å². The van der Waals surface area contributed by atoms with Gasteiger partial charge < -0.3 is 15.2 Å². The van der Waals surface area contributed by atoms with Crippen LogP contribution >= 0.6 is 0 Å². The van der Waals surface area contributed by atoms with E-state index >= 15 is 0 Å². The Labute approximate surface area is 124 Å². The Morgan fingerprint density at radius 2 is 2.29 bits per heavy atom. The fourth-order valence-electron chi connectivity index (χ4n) is 2.04. The van der Waals surface area contributed by atoms with E-state index in [2.05, 4.69) is 5.32 Å². The fourth-order valence-corrected chi connectivity index (χ4v) is 2.04. The standard InChI is InChI=1S/C16H21FN2O2/c1-11(13-4-5-14(7-18)16(17)6-13)19-8-15(20)10-21-9-12-2-3-12/h4-6,11-12,15,19-20H,2-3,8-10H2,1H3. The van der Waals surface area contributed by atoms with Gasteiger partial charge >= 0.3 is 0 Å². The molecule has 1 aliphatic rings. The monoisotopic (exact) mass is 292 g/mol. The molecule has 0 radical (unpaired) electrons. The van der Waals surface area contributed by atoms with Gasteiger partial charge in [0.2, 0.25) is 0 Å². The highest BCUT2D eigenvalue weighted by Crippen LogP contribution is 2.28. The van der Waals surface area contributed by atoms with Crippen LogP contribution in [0.5, 0.6) is 0 Å². The van der Waals surface area contributed by atoms with E-state index in [1.54, 1.807) is 12.1 Å². The van der Waals surface area contributed by atoms with E-state index in [1.165, 1.54) is 25.0 Å². The van der Waals surface area contributed by atoms with Crippen LogP contribution in [-0.4, -0.2) is 31.0 Å². The molecule has 1 aliphatic carbocycles. The smallest absolute Gasteiger partial charge is 0.141 e. The SMILES string of the molecule is CC(NCC(O)COCC1CC1)c1ccc(C#N)c(F)c1. The van der Waals surface area contributed by atoms with Crippen LogP contribution in [0.3, 0.4) is 0 Å². The van der Waals surface area contributed by atoms with E-state index in [9.17, 15) is 9.50 Å². The topological polar surface area (TPSA) is 65.3 Å². The van der Waals surface area contributed by atoms with Crippen LogP contribution in [0, 0.1) is 23.1 Å². The van der Waals surface area contributed by atoms with Crippen molar-refractivity contribution in [2.75, 3.05) is 19.8 Å². The number of nitrogens with zero attached hydrogens (tertiary/aromatic N) is 1. The number of hydrogen-bond donors (Lipinski definition) is 2. The highest BCUT2D eigenvalue weighted by atomic mass is 19.1. The lowest BCUT2D eigenvalue weighted by Gasteiger charge is -2.18. The third-order valence-electron chi connectivity index (χ3n) is 3.63. The molecule has 0 saturated heterocycles. The van der Waals surface area contributed by atoms with Crippen LogP contribution in [0.25, 0.3) is 0 Å². The minimum absolute atomic E-state index is 0.0412. The zero-order valence-corrected chi connectivity index (χ0v) is 12.2. The normalized spacial score (nSPS) is 17.2. The third kappa shape index (κ3) is 5.09. The van der Waals surface area contributed by atoms with Crippen molar-refractivity contribution in [3.8, 4) is 6.07 Å². The van der Waals surface area contributed by atoms with E-state index in [-0.39, 0.29) is 11.6 Å². The number of benzene rings is 1. The van der Waals surface area contributed by atoms with Crippen LogP contribution in [0.4, 0.5) is 4.39 Å². The van der Waals surface area contributed by atoms with Gasteiger partial charge in [0.05, 0.1) is 18.3 Å². The first-order valence-electron chi connectivity index (χ1n) is 7.29. The third-order valence-corrected chi connectivity index (χ3v) is 3.63. The summed E-state index contributed by atoms with van der Waals surface area (Å²) >= 11 is 0. The molecule has 1 fully saturated rings. The van der Waals surface area contributed by atoms with Gasteiger partial charge in [-0.3, -0.25) is 0 Å². The summed E-state index contributed by atoms with van der Waals surface area (Å²) in [4.78, 5) is 0. The zero-order chi connectivity index (χ0) is 15.2. The van der Waals surface area contributed by atoms with E-state index in [0.29, 0.717) is 19.1 Å². The first kappa shape index (κ1) is 15.9. The van der Waals surface area contributed by atoms with Crippen LogP contribution in [-0.2, 0) is 4.74 Å². The number of aliphatic hydroxyl groups is 1. The lowest BCUT2D eigenvalue weighted by Crippen LogP contribution is -2.32. The van der Waals surface area contributed by atoms with Gasteiger partial charge in [-0.2, -0.15) is 5.26 Å². The Morgan fingerprint density at radius 1 is 1.52 bits per heavy atom. The molecule has 0 heterocycles. The van der Waals surface area contributed by atoms with Crippen molar-refractivity contribution >= 4 is 0 Å². The van der Waals surface area contributed by atoms with Gasteiger partial charge in [-0.25, -0.2) is 4.39 Å². The Morgan fingerprint density at radius 3 is 2.90 bits per heavy atom. The first-order valence-corrected chi connectivity index (χ1v) is 7.29. The predicted molar refractivity (Wildman–Crippen MR) is 77.1 cm³/mol. The molecule has 1 aromatic carbocycles. The maximum Gasteiger partial charge on any atom is 0.141 e. The molecule has 2 atom stereocenters. The van der Waals surface area contributed by atoms with Gasteiger partial charge in [0.15, 0.2) is 0 Å². The summed E-state index contributed by atoms with van der Waals surface area (Å²) in [6, 6.07) is 6.23. The zero-order valence-electron chi connectivity index (χ0n) is 12.2. The molecular formula is C16H21FN2O2. The van der Waals surface area contributed by atoms with Gasteiger partial charge in [0.25, 0.3) is 0 Å². The van der Waals surface area contributed by atoms with Crippen molar-refractivity contribution in [2.45, 2.75) is 31.9 Å². The molecule has 0 amide bonds. The summed E-state index contributed by atoms with van der Waals surface area (Å²) in [5, 5.41) is 21.6. The molecule has 2 unspecified atom stereocenters. The van der Waals surface area contributed by atoms with Crippen LogP contribution in [0.15, 0.2) is 18.2 Å². The van der Waals surface area contributed by atoms with Crippen molar-refractivity contribution in [2.24, 2.45) is 5.92 Å². The van der Waals surface area contributed by atoms with Gasteiger partial charge in [0, 0.05) is 19.2 Å². The Kier molecular flexibility index (Phi) is 5.68. The van der Waals surface area contributed by atoms with Crippen molar-refractivity contribution in [1.29, 1.82) is 5.26 Å². The number of nitriles is 1. The van der Waals surface area contributed by atoms with E-state index in [0.717, 1.165) is 12.2 Å². The molecule has 4 nitrogen and oxygen atoms in total. The summed E-state index contributed by atoms with van der Waals surface area (Å²) < 4.78 is 19.0. The van der Waals surface area contributed by atoms with E-state index in [1.807, 2.05) is 6.92 Å². The minimum Gasteiger partial charge on any atom is -0.389 e. The molecule has 0 aliphatic heterocycles. The molecular weight excluding hydrogens is 271 g/mol. The summed E-state index contributed by atoms with van der Waals surface area (Å²) in [7, 11) is 0. The lowest BCUT2D eigenvalue weighted by molar-refractivity contribution is 0.0315. The molecule has 1 aromatic rings. The van der Waals surface area contributed by atoms with Gasteiger partial charge in [-0.1, -0.05) is 6.07 Å². The maximum atomic E-state index is 13.5. The second-order valence-corrected chi connectivity index (χ2v) is 5.62. The number of hydrogen-bond acceptors (Lipinski definition) is 4. The Hall–Kier alpha value is -1.48. The molecule has 1 saturated carbocycles. The van der Waals surface area contributed by atoms with E-state index < -0.39 is 11.9 Å². The van der Waals surface area contributed by atoms with Crippen molar-refractivity contribution in [1.82, 2.24) is 5.32 Å². The number of rotatable bonds is 8. The molecule has 21 heavy (non-hydrogen) atoms. The fraction of sp³-hybridized carbons (Fsp3) is 0.562. The second-order valence-electron chi connectivity index (χ2n) is 5.62. The number of aliphatic hydroxyl groups excluding tert-OH is 1. The minimum atomic E-state index is -0.575. The van der Waals surface area contributed by atoms with Gasteiger partial charge in [0.1, 0.15) is 11.9 Å². The number of nitrogens with one attached hydrogen (secondary N) is 1. The Bertz CT molecular complexity index is 511. The van der Waals surface area contributed by atoms with E-state index in [4.69, 9.17) is 10.00 Å². The average Bonchev–Trinajstić information content (AvgIpc) is 3.29. The summed E-state index contributed by atoms with van der Waals surface area (Å²) in [5.41, 5.74) is 0.789. The molecule has 0 spiro atoms. The van der Waals surface area contributed by atoms with Crippen molar-refractivity contribution in [3.63, 3.8) is 0 Å². The predicted octanol–water partition coefficient (Wildman–Crippen LogP) is 2.14. The van der Waals surface area contributed by atoms with Crippen molar-refractivity contribution in [3.05, 3.63) is 35.1 Å². The molecule has 0 bridgehead atoms.